The molecule has 150 valence electrons. The highest BCUT2D eigenvalue weighted by Gasteiger charge is 2.14. The molecule has 0 spiro atoms. The summed E-state index contributed by atoms with van der Waals surface area (Å²) >= 11 is 5.80. The number of anilines is 1. The van der Waals surface area contributed by atoms with E-state index in [4.69, 9.17) is 17.0 Å². The first-order valence-corrected chi connectivity index (χ1v) is 10.5. The van der Waals surface area contributed by atoms with Crippen LogP contribution in [0.5, 0.6) is 0 Å². The van der Waals surface area contributed by atoms with Gasteiger partial charge in [-0.05, 0) is 54.4 Å². The number of benzene rings is 1. The third-order valence-electron chi connectivity index (χ3n) is 5.06. The zero-order chi connectivity index (χ0) is 19.6. The van der Waals surface area contributed by atoms with Crippen LogP contribution in [-0.4, -0.2) is 59.3 Å². The van der Waals surface area contributed by atoms with Crippen LogP contribution in [0.4, 0.5) is 5.69 Å². The summed E-state index contributed by atoms with van der Waals surface area (Å²) in [5.74, 6) is 0. The fourth-order valence-corrected chi connectivity index (χ4v) is 3.68. The summed E-state index contributed by atoms with van der Waals surface area (Å²) < 4.78 is 5.44. The lowest BCUT2D eigenvalue weighted by atomic mass is 10.1. The summed E-state index contributed by atoms with van der Waals surface area (Å²) in [4.78, 5) is 8.86. The number of rotatable bonds is 8. The summed E-state index contributed by atoms with van der Waals surface area (Å²) in [6.45, 7) is 8.67. The average molecular weight is 399 g/mol. The number of para-hydroxylation sites is 1. The van der Waals surface area contributed by atoms with Crippen molar-refractivity contribution in [2.75, 3.05) is 44.7 Å². The molecule has 0 aliphatic carbocycles. The molecule has 1 fully saturated rings. The van der Waals surface area contributed by atoms with Crippen molar-refractivity contribution in [3.05, 3.63) is 59.9 Å². The number of aromatic nitrogens is 1. The molecule has 0 radical (unpaired) electrons. The van der Waals surface area contributed by atoms with Gasteiger partial charge < -0.3 is 15.0 Å². The van der Waals surface area contributed by atoms with E-state index in [0.717, 1.165) is 69.6 Å². The van der Waals surface area contributed by atoms with Crippen LogP contribution in [0.3, 0.4) is 0 Å². The summed E-state index contributed by atoms with van der Waals surface area (Å²) in [5.41, 5.74) is 3.60. The van der Waals surface area contributed by atoms with Crippen LogP contribution in [0.1, 0.15) is 24.5 Å². The normalized spacial score (nSPS) is 14.6. The Bertz CT molecular complexity index is 734. The van der Waals surface area contributed by atoms with E-state index in [-0.39, 0.29) is 0 Å². The second kappa shape index (κ2) is 11.1. The fraction of sp³-hybridized carbons (Fsp3) is 0.455. The van der Waals surface area contributed by atoms with E-state index in [1.165, 1.54) is 11.1 Å². The molecule has 1 N–H and O–H groups in total. The average Bonchev–Trinajstić information content (AvgIpc) is 2.75. The molecular weight excluding hydrogens is 368 g/mol. The third kappa shape index (κ3) is 6.26. The van der Waals surface area contributed by atoms with Crippen molar-refractivity contribution in [1.29, 1.82) is 0 Å². The SMILES string of the molecule is CCc1ccccc1NC(=S)N(CCCN1CCOCC1)Cc1ccncc1. The number of hydrogen-bond acceptors (Lipinski definition) is 4. The number of aryl methyl sites for hydroxylation is 1. The first-order chi connectivity index (χ1) is 13.8. The van der Waals surface area contributed by atoms with Crippen LogP contribution in [0.25, 0.3) is 0 Å². The van der Waals surface area contributed by atoms with Gasteiger partial charge in [-0.2, -0.15) is 0 Å². The maximum atomic E-state index is 5.80. The lowest BCUT2D eigenvalue weighted by Gasteiger charge is -2.30. The number of thiocarbonyl (C=S) groups is 1. The number of nitrogens with zero attached hydrogens (tertiary/aromatic N) is 3. The van der Waals surface area contributed by atoms with Gasteiger partial charge in [0, 0.05) is 50.8 Å². The molecule has 0 unspecified atom stereocenters. The molecule has 5 nitrogen and oxygen atoms in total. The second-order valence-electron chi connectivity index (χ2n) is 7.03. The molecule has 3 rings (SSSR count). The van der Waals surface area contributed by atoms with E-state index in [2.05, 4.69) is 63.4 Å². The lowest BCUT2D eigenvalue weighted by molar-refractivity contribution is 0.0368. The van der Waals surface area contributed by atoms with Crippen LogP contribution < -0.4 is 5.32 Å². The van der Waals surface area contributed by atoms with E-state index in [1.807, 2.05) is 12.4 Å². The van der Waals surface area contributed by atoms with Crippen molar-refractivity contribution in [3.8, 4) is 0 Å². The quantitative estimate of drug-likeness (QED) is 0.686. The summed E-state index contributed by atoms with van der Waals surface area (Å²) in [7, 11) is 0. The monoisotopic (exact) mass is 398 g/mol. The van der Waals surface area contributed by atoms with E-state index in [0.29, 0.717) is 0 Å². The third-order valence-corrected chi connectivity index (χ3v) is 5.42. The topological polar surface area (TPSA) is 40.6 Å². The highest BCUT2D eigenvalue weighted by molar-refractivity contribution is 7.80. The molecule has 6 heteroatoms. The van der Waals surface area contributed by atoms with Gasteiger partial charge in [-0.1, -0.05) is 25.1 Å². The van der Waals surface area contributed by atoms with Crippen molar-refractivity contribution in [1.82, 2.24) is 14.8 Å². The molecule has 28 heavy (non-hydrogen) atoms. The van der Waals surface area contributed by atoms with Gasteiger partial charge in [-0.3, -0.25) is 9.88 Å². The fourth-order valence-electron chi connectivity index (χ4n) is 3.42. The Hall–Kier alpha value is -2.02. The maximum Gasteiger partial charge on any atom is 0.173 e. The highest BCUT2D eigenvalue weighted by atomic mass is 32.1. The largest absolute Gasteiger partial charge is 0.379 e. The van der Waals surface area contributed by atoms with Crippen molar-refractivity contribution in [2.24, 2.45) is 0 Å². The van der Waals surface area contributed by atoms with Crippen LogP contribution in [0, 0.1) is 0 Å². The molecule has 1 aliphatic heterocycles. The van der Waals surface area contributed by atoms with Gasteiger partial charge in [-0.15, -0.1) is 0 Å². The van der Waals surface area contributed by atoms with E-state index in [9.17, 15) is 0 Å². The first kappa shape index (κ1) is 20.7. The molecule has 1 saturated heterocycles. The van der Waals surface area contributed by atoms with Crippen molar-refractivity contribution >= 4 is 23.0 Å². The van der Waals surface area contributed by atoms with Gasteiger partial charge in [0.05, 0.1) is 13.2 Å². The van der Waals surface area contributed by atoms with Crippen LogP contribution in [-0.2, 0) is 17.7 Å². The van der Waals surface area contributed by atoms with Crippen molar-refractivity contribution in [2.45, 2.75) is 26.3 Å². The Morgan fingerprint density at radius 3 is 2.68 bits per heavy atom. The van der Waals surface area contributed by atoms with Crippen LogP contribution >= 0.6 is 12.2 Å². The number of morpholine rings is 1. The van der Waals surface area contributed by atoms with E-state index >= 15 is 0 Å². The Kier molecular flexibility index (Phi) is 8.21. The molecule has 2 heterocycles. The Balaban J connectivity index is 1.63. The van der Waals surface area contributed by atoms with Gasteiger partial charge in [0.15, 0.2) is 5.11 Å². The smallest absolute Gasteiger partial charge is 0.173 e. The van der Waals surface area contributed by atoms with Gasteiger partial charge in [0.1, 0.15) is 0 Å². The molecule has 1 aliphatic rings. The number of hydrogen-bond donors (Lipinski definition) is 1. The number of ether oxygens (including phenoxy) is 1. The van der Waals surface area contributed by atoms with Crippen LogP contribution in [0.15, 0.2) is 48.8 Å². The Labute approximate surface area is 173 Å². The second-order valence-corrected chi connectivity index (χ2v) is 7.41. The minimum Gasteiger partial charge on any atom is -0.379 e. The predicted octanol–water partition coefficient (Wildman–Crippen LogP) is 3.57. The minimum atomic E-state index is 0.777. The Morgan fingerprint density at radius 2 is 1.93 bits per heavy atom. The summed E-state index contributed by atoms with van der Waals surface area (Å²) in [5, 5.41) is 4.26. The zero-order valence-corrected chi connectivity index (χ0v) is 17.5. The molecule has 0 atom stereocenters. The molecular formula is C22H30N4OS. The number of pyridine rings is 1. The number of nitrogens with one attached hydrogen (secondary N) is 1. The van der Waals surface area contributed by atoms with Crippen molar-refractivity contribution in [3.63, 3.8) is 0 Å². The van der Waals surface area contributed by atoms with E-state index < -0.39 is 0 Å². The molecule has 2 aromatic rings. The zero-order valence-electron chi connectivity index (χ0n) is 16.6. The molecule has 0 saturated carbocycles. The van der Waals surface area contributed by atoms with Gasteiger partial charge in [0.2, 0.25) is 0 Å². The van der Waals surface area contributed by atoms with Gasteiger partial charge in [-0.25, -0.2) is 0 Å². The maximum absolute atomic E-state index is 5.80. The van der Waals surface area contributed by atoms with Gasteiger partial charge >= 0.3 is 0 Å². The molecule has 0 bridgehead atoms. The molecule has 0 amide bonds. The first-order valence-electron chi connectivity index (χ1n) is 10.1. The van der Waals surface area contributed by atoms with Crippen LogP contribution in [0.2, 0.25) is 0 Å². The van der Waals surface area contributed by atoms with Gasteiger partial charge in [0.25, 0.3) is 0 Å². The minimum absolute atomic E-state index is 0.777. The summed E-state index contributed by atoms with van der Waals surface area (Å²) in [6.07, 6.45) is 5.73. The van der Waals surface area contributed by atoms with Crippen molar-refractivity contribution < 1.29 is 4.74 Å². The van der Waals surface area contributed by atoms with E-state index in [1.54, 1.807) is 0 Å². The standard InChI is InChI=1S/C22H30N4OS/c1-2-20-6-3-4-7-21(20)24-22(28)26(18-19-8-10-23-11-9-19)13-5-12-25-14-16-27-17-15-25/h3-4,6-11H,2,5,12-18H2,1H3,(H,24,28). The lowest BCUT2D eigenvalue weighted by Crippen LogP contribution is -2.40. The molecule has 1 aromatic heterocycles. The molecule has 1 aromatic carbocycles. The summed E-state index contributed by atoms with van der Waals surface area (Å²) in [6, 6.07) is 12.5. The highest BCUT2D eigenvalue weighted by Crippen LogP contribution is 2.17. The predicted molar refractivity (Wildman–Crippen MR) is 119 cm³/mol. The Morgan fingerprint density at radius 1 is 1.18 bits per heavy atom.